The number of hydrogen-bond donors (Lipinski definition) is 2. The molecule has 0 atom stereocenters. The Hall–Kier alpha value is -1.71. The van der Waals surface area contributed by atoms with Crippen LogP contribution in [0.15, 0.2) is 24.3 Å². The van der Waals surface area contributed by atoms with Crippen LogP contribution in [-0.2, 0) is 15.9 Å². The number of benzene rings is 2. The second kappa shape index (κ2) is 11.5. The summed E-state index contributed by atoms with van der Waals surface area (Å²) in [6, 6.07) is 6.45. The molecule has 0 aromatic heterocycles. The molecule has 4 N–H and O–H groups in total. The number of nitrogen functional groups attached to an aromatic ring is 2. The zero-order valence-corrected chi connectivity index (χ0v) is 20.2. The largest absolute Gasteiger partial charge is 0.465 e. The number of rotatable bonds is 4. The van der Waals surface area contributed by atoms with Crippen molar-refractivity contribution in [1.82, 2.24) is 0 Å². The first-order valence-corrected chi connectivity index (χ1v) is 10.3. The van der Waals surface area contributed by atoms with Crippen molar-refractivity contribution in [2.45, 2.75) is 20.3 Å². The van der Waals surface area contributed by atoms with Crippen LogP contribution in [0.5, 0.6) is 0 Å². The molecule has 0 fully saturated rings. The Morgan fingerprint density at radius 1 is 0.931 bits per heavy atom. The summed E-state index contributed by atoms with van der Waals surface area (Å²) >= 11 is 13.7. The maximum absolute atomic E-state index is 11.4. The summed E-state index contributed by atoms with van der Waals surface area (Å²) in [6.07, 6.45) is 0.812. The number of carbonyl (C=O) groups is 2. The van der Waals surface area contributed by atoms with Crippen LogP contribution in [0.2, 0.25) is 10.0 Å². The van der Waals surface area contributed by atoms with E-state index < -0.39 is 11.9 Å². The summed E-state index contributed by atoms with van der Waals surface area (Å²) in [5, 5.41) is 0.640. The molecule has 0 saturated carbocycles. The first-order chi connectivity index (χ1) is 13.5. The summed E-state index contributed by atoms with van der Waals surface area (Å²) < 4.78 is 9.98. The standard InChI is InChI=1S/C12H16ClNO2.C8H7ClINO2/c1-7(2)4-8-5-9(12(15)16-3)10(13)6-11(8)14;1-13-8(12)4-2-6(10)7(11)3-5(4)9/h5-7H,4,14H2,1-3H3;2-3H,11H2,1H3. The van der Waals surface area contributed by atoms with E-state index in [1.165, 1.54) is 20.3 Å². The average molecular weight is 553 g/mol. The van der Waals surface area contributed by atoms with Crippen molar-refractivity contribution in [3.05, 3.63) is 54.6 Å². The fourth-order valence-corrected chi connectivity index (χ4v) is 3.31. The third kappa shape index (κ3) is 7.24. The van der Waals surface area contributed by atoms with Gasteiger partial charge in [-0.05, 0) is 64.8 Å². The molecular formula is C20H23Cl2IN2O4. The normalized spacial score (nSPS) is 10.2. The molecule has 2 rings (SSSR count). The van der Waals surface area contributed by atoms with Gasteiger partial charge in [-0.15, -0.1) is 0 Å². The minimum Gasteiger partial charge on any atom is -0.465 e. The van der Waals surface area contributed by atoms with E-state index >= 15 is 0 Å². The highest BCUT2D eigenvalue weighted by Gasteiger charge is 2.14. The highest BCUT2D eigenvalue weighted by atomic mass is 127. The Morgan fingerprint density at radius 2 is 1.38 bits per heavy atom. The van der Waals surface area contributed by atoms with Gasteiger partial charge >= 0.3 is 11.9 Å². The molecular weight excluding hydrogens is 530 g/mol. The van der Waals surface area contributed by atoms with Gasteiger partial charge in [-0.1, -0.05) is 37.0 Å². The van der Waals surface area contributed by atoms with Gasteiger partial charge in [-0.2, -0.15) is 0 Å². The number of halogens is 3. The Bertz CT molecular complexity index is 905. The minimum atomic E-state index is -0.456. The van der Waals surface area contributed by atoms with Gasteiger partial charge < -0.3 is 20.9 Å². The predicted octanol–water partition coefficient (Wildman–Crippen LogP) is 5.22. The number of ether oxygens (including phenoxy) is 2. The number of hydrogen-bond acceptors (Lipinski definition) is 6. The van der Waals surface area contributed by atoms with E-state index in [0.29, 0.717) is 38.5 Å². The van der Waals surface area contributed by atoms with Crippen LogP contribution >= 0.6 is 45.8 Å². The molecule has 0 aliphatic heterocycles. The molecule has 0 unspecified atom stereocenters. The van der Waals surface area contributed by atoms with Crippen LogP contribution in [0.25, 0.3) is 0 Å². The second-order valence-corrected chi connectivity index (χ2v) is 8.44. The third-order valence-electron chi connectivity index (χ3n) is 3.75. The molecule has 2 aromatic carbocycles. The zero-order chi connectivity index (χ0) is 22.3. The van der Waals surface area contributed by atoms with Gasteiger partial charge in [-0.25, -0.2) is 9.59 Å². The van der Waals surface area contributed by atoms with Crippen molar-refractivity contribution >= 4 is 69.1 Å². The van der Waals surface area contributed by atoms with Gasteiger partial charge in [0.05, 0.1) is 35.4 Å². The monoisotopic (exact) mass is 552 g/mol. The molecule has 0 aliphatic carbocycles. The molecule has 0 aliphatic rings. The summed E-state index contributed by atoms with van der Waals surface area (Å²) in [6.45, 7) is 4.18. The van der Waals surface area contributed by atoms with Gasteiger partial charge in [0.15, 0.2) is 0 Å². The van der Waals surface area contributed by atoms with Gasteiger partial charge in [0.2, 0.25) is 0 Å². The maximum Gasteiger partial charge on any atom is 0.339 e. The molecule has 0 bridgehead atoms. The summed E-state index contributed by atoms with van der Waals surface area (Å²) in [4.78, 5) is 22.6. The lowest BCUT2D eigenvalue weighted by atomic mass is 9.99. The first-order valence-electron chi connectivity index (χ1n) is 8.50. The molecule has 9 heteroatoms. The van der Waals surface area contributed by atoms with E-state index in [1.807, 2.05) is 22.6 Å². The van der Waals surface area contributed by atoms with Gasteiger partial charge in [0.25, 0.3) is 0 Å². The van der Waals surface area contributed by atoms with E-state index in [9.17, 15) is 9.59 Å². The predicted molar refractivity (Wildman–Crippen MR) is 126 cm³/mol. The maximum atomic E-state index is 11.4. The Labute approximate surface area is 194 Å². The number of carbonyl (C=O) groups excluding carboxylic acids is 2. The molecule has 2 aromatic rings. The quantitative estimate of drug-likeness (QED) is 0.306. The second-order valence-electron chi connectivity index (χ2n) is 6.47. The smallest absolute Gasteiger partial charge is 0.339 e. The highest BCUT2D eigenvalue weighted by molar-refractivity contribution is 14.1. The fraction of sp³-hybridized carbons (Fsp3) is 0.300. The first kappa shape index (κ1) is 25.3. The number of anilines is 2. The van der Waals surface area contributed by atoms with Crippen molar-refractivity contribution in [1.29, 1.82) is 0 Å². The lowest BCUT2D eigenvalue weighted by molar-refractivity contribution is 0.0592. The molecule has 0 amide bonds. The lowest BCUT2D eigenvalue weighted by Crippen LogP contribution is -2.06. The summed E-state index contributed by atoms with van der Waals surface area (Å²) in [7, 11) is 2.64. The van der Waals surface area contributed by atoms with Crippen LogP contribution in [0.3, 0.4) is 0 Å². The van der Waals surface area contributed by atoms with Crippen LogP contribution in [0.1, 0.15) is 40.1 Å². The molecule has 0 saturated heterocycles. The van der Waals surface area contributed by atoms with Crippen LogP contribution in [-0.4, -0.2) is 26.2 Å². The van der Waals surface area contributed by atoms with Crippen molar-refractivity contribution in [2.75, 3.05) is 25.7 Å². The van der Waals surface area contributed by atoms with Gasteiger partial charge in [0, 0.05) is 14.9 Å². The van der Waals surface area contributed by atoms with Gasteiger partial charge in [-0.3, -0.25) is 0 Å². The number of esters is 2. The summed E-state index contributed by atoms with van der Waals surface area (Å²) in [5.74, 6) is -0.424. The van der Waals surface area contributed by atoms with Crippen LogP contribution in [0.4, 0.5) is 11.4 Å². The Balaban J connectivity index is 0.000000296. The minimum absolute atomic E-state index is 0.310. The number of methoxy groups -OCH3 is 2. The molecule has 0 radical (unpaired) electrons. The molecule has 0 spiro atoms. The zero-order valence-electron chi connectivity index (χ0n) is 16.5. The third-order valence-corrected chi connectivity index (χ3v) is 5.31. The van der Waals surface area contributed by atoms with E-state index in [0.717, 1.165) is 15.6 Å². The SMILES string of the molecule is COC(=O)c1cc(CC(C)C)c(N)cc1Cl.COC(=O)c1cc(I)c(N)cc1Cl. The molecule has 6 nitrogen and oxygen atoms in total. The van der Waals surface area contributed by atoms with E-state index in [2.05, 4.69) is 23.3 Å². The molecule has 29 heavy (non-hydrogen) atoms. The van der Waals surface area contributed by atoms with E-state index in [4.69, 9.17) is 34.7 Å². The highest BCUT2D eigenvalue weighted by Crippen LogP contribution is 2.26. The topological polar surface area (TPSA) is 105 Å². The van der Waals surface area contributed by atoms with Crippen molar-refractivity contribution in [3.63, 3.8) is 0 Å². The van der Waals surface area contributed by atoms with Gasteiger partial charge in [0.1, 0.15) is 0 Å². The average Bonchev–Trinajstić information content (AvgIpc) is 2.65. The fourth-order valence-electron chi connectivity index (χ4n) is 2.35. The Kier molecular flexibility index (Phi) is 10.0. The van der Waals surface area contributed by atoms with E-state index in [-0.39, 0.29) is 0 Å². The van der Waals surface area contributed by atoms with Crippen molar-refractivity contribution in [3.8, 4) is 0 Å². The van der Waals surface area contributed by atoms with Crippen LogP contribution < -0.4 is 11.5 Å². The van der Waals surface area contributed by atoms with Crippen LogP contribution in [0, 0.1) is 9.49 Å². The number of nitrogens with two attached hydrogens (primary N) is 2. The lowest BCUT2D eigenvalue weighted by Gasteiger charge is -2.11. The van der Waals surface area contributed by atoms with E-state index in [1.54, 1.807) is 18.2 Å². The molecule has 0 heterocycles. The van der Waals surface area contributed by atoms with Crippen molar-refractivity contribution < 1.29 is 19.1 Å². The van der Waals surface area contributed by atoms with Crippen molar-refractivity contribution in [2.24, 2.45) is 5.92 Å². The summed E-state index contributed by atoms with van der Waals surface area (Å²) in [5.41, 5.74) is 14.2. The molecule has 158 valence electrons. The Morgan fingerprint density at radius 3 is 1.83 bits per heavy atom.